The van der Waals surface area contributed by atoms with Gasteiger partial charge in [-0.15, -0.1) is 0 Å². The summed E-state index contributed by atoms with van der Waals surface area (Å²) >= 11 is 0. The van der Waals surface area contributed by atoms with E-state index >= 15 is 0 Å². The maximum atomic E-state index is 11.8. The summed E-state index contributed by atoms with van der Waals surface area (Å²) in [6.45, 7) is 2.00. The van der Waals surface area contributed by atoms with E-state index in [1.807, 2.05) is 0 Å². The highest BCUT2D eigenvalue weighted by Gasteiger charge is 2.33. The highest BCUT2D eigenvalue weighted by Crippen LogP contribution is 2.38. The monoisotopic (exact) mass is 234 g/mol. The predicted octanol–water partition coefficient (Wildman–Crippen LogP) is 1.55. The lowest BCUT2D eigenvalue weighted by Crippen LogP contribution is -2.27. The van der Waals surface area contributed by atoms with Gasteiger partial charge in [-0.2, -0.15) is 0 Å². The molecule has 0 aliphatic heterocycles. The Balaban J connectivity index is 2.00. The van der Waals surface area contributed by atoms with Crippen LogP contribution in [0.15, 0.2) is 18.2 Å². The van der Waals surface area contributed by atoms with Gasteiger partial charge in [-0.25, -0.2) is 0 Å². The van der Waals surface area contributed by atoms with Gasteiger partial charge in [0.15, 0.2) is 5.78 Å². The van der Waals surface area contributed by atoms with Crippen LogP contribution < -0.4 is 0 Å². The van der Waals surface area contributed by atoms with E-state index in [4.69, 9.17) is 4.74 Å². The van der Waals surface area contributed by atoms with Crippen LogP contribution in [-0.2, 0) is 20.7 Å². The fourth-order valence-electron chi connectivity index (χ4n) is 2.07. The SMILES string of the molecule is CCOC(=O)CC(=O)C1Cc2cc(O)ccc21. The first-order valence-corrected chi connectivity index (χ1v) is 5.62. The summed E-state index contributed by atoms with van der Waals surface area (Å²) in [6, 6.07) is 4.95. The summed E-state index contributed by atoms with van der Waals surface area (Å²) in [5.41, 5.74) is 1.89. The van der Waals surface area contributed by atoms with Crippen molar-refractivity contribution in [2.24, 2.45) is 0 Å². The zero-order valence-corrected chi connectivity index (χ0v) is 9.60. The second-order valence-corrected chi connectivity index (χ2v) is 4.09. The molecule has 0 heterocycles. The molecule has 0 saturated heterocycles. The summed E-state index contributed by atoms with van der Waals surface area (Å²) in [7, 11) is 0. The van der Waals surface area contributed by atoms with Crippen molar-refractivity contribution in [3.05, 3.63) is 29.3 Å². The third kappa shape index (κ3) is 2.30. The molecule has 1 aliphatic rings. The van der Waals surface area contributed by atoms with Crippen LogP contribution in [0.1, 0.15) is 30.4 Å². The fourth-order valence-corrected chi connectivity index (χ4v) is 2.07. The van der Waals surface area contributed by atoms with Crippen molar-refractivity contribution in [2.45, 2.75) is 25.7 Å². The molecule has 0 bridgehead atoms. The van der Waals surface area contributed by atoms with Crippen molar-refractivity contribution in [1.82, 2.24) is 0 Å². The van der Waals surface area contributed by atoms with Crippen molar-refractivity contribution >= 4 is 11.8 Å². The second kappa shape index (κ2) is 4.57. The lowest BCUT2D eigenvalue weighted by molar-refractivity contribution is -0.145. The van der Waals surface area contributed by atoms with Crippen molar-refractivity contribution < 1.29 is 19.4 Å². The minimum Gasteiger partial charge on any atom is -0.508 e. The van der Waals surface area contributed by atoms with Crippen molar-refractivity contribution in [2.75, 3.05) is 6.61 Å². The molecule has 4 nitrogen and oxygen atoms in total. The summed E-state index contributed by atoms with van der Waals surface area (Å²) in [5, 5.41) is 9.25. The van der Waals surface area contributed by atoms with Gasteiger partial charge in [-0.05, 0) is 36.6 Å². The van der Waals surface area contributed by atoms with Crippen LogP contribution in [0.2, 0.25) is 0 Å². The maximum absolute atomic E-state index is 11.8. The molecule has 0 spiro atoms. The number of fused-ring (bicyclic) bond motifs is 1. The molecular formula is C13H14O4. The molecule has 0 amide bonds. The van der Waals surface area contributed by atoms with Gasteiger partial charge in [-0.3, -0.25) is 9.59 Å². The van der Waals surface area contributed by atoms with Gasteiger partial charge in [0.2, 0.25) is 0 Å². The van der Waals surface area contributed by atoms with E-state index in [2.05, 4.69) is 0 Å². The molecule has 0 saturated carbocycles. The number of Topliss-reactive ketones (excluding diaryl/α,β-unsaturated/α-hetero) is 1. The second-order valence-electron chi connectivity index (χ2n) is 4.09. The number of ketones is 1. The summed E-state index contributed by atoms with van der Waals surface area (Å²) < 4.78 is 4.74. The smallest absolute Gasteiger partial charge is 0.313 e. The molecule has 1 atom stereocenters. The number of esters is 1. The molecule has 0 fully saturated rings. The number of hydrogen-bond donors (Lipinski definition) is 1. The minimum atomic E-state index is -0.468. The highest BCUT2D eigenvalue weighted by molar-refractivity contribution is 6.00. The Labute approximate surface area is 99.2 Å². The zero-order chi connectivity index (χ0) is 12.4. The third-order valence-electron chi connectivity index (χ3n) is 2.94. The Kier molecular flexibility index (Phi) is 3.13. The quantitative estimate of drug-likeness (QED) is 0.634. The molecule has 1 N–H and O–H groups in total. The Morgan fingerprint density at radius 3 is 2.88 bits per heavy atom. The number of carbonyl (C=O) groups excluding carboxylic acids is 2. The maximum Gasteiger partial charge on any atom is 0.313 e. The van der Waals surface area contributed by atoms with E-state index in [-0.39, 0.29) is 23.9 Å². The number of carbonyl (C=O) groups is 2. The molecule has 1 unspecified atom stereocenters. The average molecular weight is 234 g/mol. The topological polar surface area (TPSA) is 63.6 Å². The van der Waals surface area contributed by atoms with Crippen LogP contribution in [0.4, 0.5) is 0 Å². The van der Waals surface area contributed by atoms with E-state index in [0.29, 0.717) is 13.0 Å². The van der Waals surface area contributed by atoms with E-state index in [1.165, 1.54) is 0 Å². The molecule has 1 aromatic rings. The highest BCUT2D eigenvalue weighted by atomic mass is 16.5. The van der Waals surface area contributed by atoms with Gasteiger partial charge >= 0.3 is 5.97 Å². The van der Waals surface area contributed by atoms with E-state index in [0.717, 1.165) is 11.1 Å². The van der Waals surface area contributed by atoms with Crippen LogP contribution in [0.3, 0.4) is 0 Å². The van der Waals surface area contributed by atoms with E-state index in [1.54, 1.807) is 25.1 Å². The number of hydrogen-bond acceptors (Lipinski definition) is 4. The number of rotatable bonds is 4. The van der Waals surface area contributed by atoms with Crippen LogP contribution in [0.5, 0.6) is 5.75 Å². The molecule has 90 valence electrons. The van der Waals surface area contributed by atoms with Crippen LogP contribution >= 0.6 is 0 Å². The van der Waals surface area contributed by atoms with Gasteiger partial charge < -0.3 is 9.84 Å². The lowest BCUT2D eigenvalue weighted by atomic mass is 9.74. The molecule has 17 heavy (non-hydrogen) atoms. The summed E-state index contributed by atoms with van der Waals surface area (Å²) in [4.78, 5) is 23.0. The zero-order valence-electron chi connectivity index (χ0n) is 9.60. The number of benzene rings is 1. The molecule has 4 heteroatoms. The van der Waals surface area contributed by atoms with Crippen LogP contribution in [-0.4, -0.2) is 23.5 Å². The summed E-state index contributed by atoms with van der Waals surface area (Å²) in [6.07, 6.45) is 0.431. The average Bonchev–Trinajstić information content (AvgIpc) is 2.22. The van der Waals surface area contributed by atoms with Gasteiger partial charge in [0.1, 0.15) is 12.2 Å². The predicted molar refractivity (Wildman–Crippen MR) is 60.8 cm³/mol. The lowest BCUT2D eigenvalue weighted by Gasteiger charge is -2.28. The third-order valence-corrected chi connectivity index (χ3v) is 2.94. The van der Waals surface area contributed by atoms with Crippen molar-refractivity contribution in [3.8, 4) is 5.75 Å². The summed E-state index contributed by atoms with van der Waals surface area (Å²) in [5.74, 6) is -0.582. The normalized spacial score (nSPS) is 16.9. The first-order chi connectivity index (χ1) is 8.11. The number of ether oxygens (including phenoxy) is 1. The Morgan fingerprint density at radius 2 is 2.24 bits per heavy atom. The fraction of sp³-hybridized carbons (Fsp3) is 0.385. The van der Waals surface area contributed by atoms with Gasteiger partial charge in [0, 0.05) is 5.92 Å². The first-order valence-electron chi connectivity index (χ1n) is 5.62. The molecule has 0 radical (unpaired) electrons. The van der Waals surface area contributed by atoms with Gasteiger partial charge in [0.25, 0.3) is 0 Å². The largest absolute Gasteiger partial charge is 0.508 e. The van der Waals surface area contributed by atoms with Gasteiger partial charge in [0.05, 0.1) is 6.61 Å². The standard InChI is InChI=1S/C13H14O4/c1-2-17-13(16)7-12(15)11-6-8-5-9(14)3-4-10(8)11/h3-5,11,14H,2,6-7H2,1H3. The number of aromatic hydroxyl groups is 1. The van der Waals surface area contributed by atoms with Crippen LogP contribution in [0, 0.1) is 0 Å². The van der Waals surface area contributed by atoms with Crippen molar-refractivity contribution in [3.63, 3.8) is 0 Å². The number of phenolic OH excluding ortho intramolecular Hbond substituents is 1. The minimum absolute atomic E-state index is 0.110. The molecule has 2 rings (SSSR count). The Morgan fingerprint density at radius 1 is 1.47 bits per heavy atom. The Hall–Kier alpha value is -1.84. The number of phenols is 1. The molecule has 0 aromatic heterocycles. The first kappa shape index (κ1) is 11.6. The molecular weight excluding hydrogens is 220 g/mol. The van der Waals surface area contributed by atoms with E-state index in [9.17, 15) is 14.7 Å². The Bertz CT molecular complexity index is 464. The van der Waals surface area contributed by atoms with E-state index < -0.39 is 5.97 Å². The van der Waals surface area contributed by atoms with Crippen molar-refractivity contribution in [1.29, 1.82) is 0 Å². The molecule has 1 aromatic carbocycles. The van der Waals surface area contributed by atoms with Crippen LogP contribution in [0.25, 0.3) is 0 Å². The molecule has 1 aliphatic carbocycles. The van der Waals surface area contributed by atoms with Gasteiger partial charge in [-0.1, -0.05) is 6.07 Å².